The van der Waals surface area contributed by atoms with Gasteiger partial charge in [-0.3, -0.25) is 4.79 Å². The summed E-state index contributed by atoms with van der Waals surface area (Å²) in [5, 5.41) is 7.91. The molecule has 20 heavy (non-hydrogen) atoms. The first-order chi connectivity index (χ1) is 9.16. The van der Waals surface area contributed by atoms with Crippen molar-refractivity contribution in [2.75, 3.05) is 6.54 Å². The zero-order valence-corrected chi connectivity index (χ0v) is 14.1. The van der Waals surface area contributed by atoms with Crippen LogP contribution in [0.5, 0.6) is 0 Å². The molecule has 0 spiro atoms. The maximum atomic E-state index is 12.1. The molecule has 1 atom stereocenters. The Morgan fingerprint density at radius 1 is 1.45 bits per heavy atom. The van der Waals surface area contributed by atoms with Gasteiger partial charge in [-0.15, -0.1) is 0 Å². The lowest BCUT2D eigenvalue weighted by Gasteiger charge is -2.13. The Morgan fingerprint density at radius 2 is 2.05 bits per heavy atom. The van der Waals surface area contributed by atoms with Crippen molar-refractivity contribution in [1.29, 1.82) is 0 Å². The van der Waals surface area contributed by atoms with E-state index >= 15 is 0 Å². The molecule has 3 N–H and O–H groups in total. The van der Waals surface area contributed by atoms with Crippen LogP contribution < -0.4 is 10.5 Å². The fourth-order valence-corrected chi connectivity index (χ4v) is 2.74. The Morgan fingerprint density at radius 3 is 2.55 bits per heavy atom. The van der Waals surface area contributed by atoms with Gasteiger partial charge in [-0.1, -0.05) is 36.2 Å². The molecular weight excluding hydrogens is 344 g/mol. The Bertz CT molecular complexity index is 614. The lowest BCUT2D eigenvalue weighted by Crippen LogP contribution is -2.29. The fourth-order valence-electron chi connectivity index (χ4n) is 1.56. The molecule has 0 radical (unpaired) electrons. The van der Waals surface area contributed by atoms with Crippen molar-refractivity contribution in [1.82, 2.24) is 5.32 Å². The molecule has 0 aliphatic rings. The minimum atomic E-state index is -3.84. The first-order valence-electron chi connectivity index (χ1n) is 6.28. The summed E-state index contributed by atoms with van der Waals surface area (Å²) in [6, 6.07) is 2.71. The molecule has 0 aromatic heterocycles. The Labute approximate surface area is 128 Å². The van der Waals surface area contributed by atoms with E-state index in [0.717, 1.165) is 6.42 Å². The van der Waals surface area contributed by atoms with Gasteiger partial charge in [-0.25, -0.2) is 13.6 Å². The van der Waals surface area contributed by atoms with E-state index in [4.69, 9.17) is 5.14 Å². The molecule has 7 heteroatoms. The molecule has 0 bridgehead atoms. The normalized spacial score (nSPS) is 13.1. The number of hydrogen-bond donors (Lipinski definition) is 2. The topological polar surface area (TPSA) is 89.3 Å². The second-order valence-corrected chi connectivity index (χ2v) is 7.26. The number of sulfonamides is 1. The summed E-state index contributed by atoms with van der Waals surface area (Å²) in [5.41, 5.74) is 0.991. The Hall–Kier alpha value is -0.920. The summed E-state index contributed by atoms with van der Waals surface area (Å²) >= 11 is 3.25. The third-order valence-electron chi connectivity index (χ3n) is 3.20. The zero-order chi connectivity index (χ0) is 15.5. The van der Waals surface area contributed by atoms with Gasteiger partial charge in [0.15, 0.2) is 0 Å². The molecule has 1 unspecified atom stereocenters. The quantitative estimate of drug-likeness (QED) is 0.840. The highest BCUT2D eigenvalue weighted by molar-refractivity contribution is 9.10. The van der Waals surface area contributed by atoms with Crippen LogP contribution in [0.4, 0.5) is 0 Å². The molecule has 0 aliphatic carbocycles. The van der Waals surface area contributed by atoms with Crippen molar-refractivity contribution in [2.24, 2.45) is 11.1 Å². The average molecular weight is 363 g/mol. The number of rotatable bonds is 5. The highest BCUT2D eigenvalue weighted by Crippen LogP contribution is 2.24. The van der Waals surface area contributed by atoms with Crippen LogP contribution in [-0.4, -0.2) is 20.9 Å². The molecule has 1 amide bonds. The lowest BCUT2D eigenvalue weighted by atomic mass is 10.1. The van der Waals surface area contributed by atoms with Gasteiger partial charge in [0.2, 0.25) is 10.0 Å². The number of benzene rings is 1. The maximum Gasteiger partial charge on any atom is 0.251 e. The second kappa shape index (κ2) is 6.69. The second-order valence-electron chi connectivity index (χ2n) is 4.85. The van der Waals surface area contributed by atoms with Crippen LogP contribution in [0.2, 0.25) is 0 Å². The molecule has 5 nitrogen and oxygen atoms in total. The summed E-state index contributed by atoms with van der Waals surface area (Å²) in [6.07, 6.45) is 0.959. The van der Waals surface area contributed by atoms with E-state index in [1.54, 1.807) is 6.92 Å². The van der Waals surface area contributed by atoms with Crippen LogP contribution in [0.3, 0.4) is 0 Å². The van der Waals surface area contributed by atoms with Crippen molar-refractivity contribution < 1.29 is 13.2 Å². The van der Waals surface area contributed by atoms with Crippen LogP contribution in [0.1, 0.15) is 36.2 Å². The third-order valence-corrected chi connectivity index (χ3v) is 4.92. The number of amides is 1. The van der Waals surface area contributed by atoms with E-state index in [9.17, 15) is 13.2 Å². The van der Waals surface area contributed by atoms with Crippen molar-refractivity contribution in [2.45, 2.75) is 32.1 Å². The predicted octanol–water partition coefficient (Wildman–Crippen LogP) is 2.18. The summed E-state index contributed by atoms with van der Waals surface area (Å²) < 4.78 is 23.4. The van der Waals surface area contributed by atoms with E-state index in [1.165, 1.54) is 12.1 Å². The monoisotopic (exact) mass is 362 g/mol. The molecule has 1 rings (SSSR count). The van der Waals surface area contributed by atoms with E-state index in [1.807, 2.05) is 13.8 Å². The largest absolute Gasteiger partial charge is 0.352 e. The fraction of sp³-hybridized carbons (Fsp3) is 0.462. The highest BCUT2D eigenvalue weighted by Gasteiger charge is 2.17. The summed E-state index contributed by atoms with van der Waals surface area (Å²) in [7, 11) is -3.84. The lowest BCUT2D eigenvalue weighted by molar-refractivity contribution is 0.0947. The first kappa shape index (κ1) is 17.1. The molecule has 0 fully saturated rings. The van der Waals surface area contributed by atoms with E-state index in [0.29, 0.717) is 28.1 Å². The van der Waals surface area contributed by atoms with Crippen molar-refractivity contribution in [3.63, 3.8) is 0 Å². The number of primary sulfonamides is 1. The molecular formula is C13H19BrN2O3S. The number of halogens is 1. The highest BCUT2D eigenvalue weighted by atomic mass is 79.9. The number of nitrogens with one attached hydrogen (secondary N) is 1. The number of carbonyl (C=O) groups is 1. The van der Waals surface area contributed by atoms with Gasteiger partial charge in [0.1, 0.15) is 0 Å². The third kappa shape index (κ3) is 4.29. The number of hydrogen-bond acceptors (Lipinski definition) is 3. The van der Waals surface area contributed by atoms with Crippen LogP contribution in [0.15, 0.2) is 21.5 Å². The smallest absolute Gasteiger partial charge is 0.251 e. The molecule has 0 saturated carbocycles. The van der Waals surface area contributed by atoms with Gasteiger partial charge < -0.3 is 5.32 Å². The van der Waals surface area contributed by atoms with Gasteiger partial charge in [-0.05, 0) is 30.5 Å². The standard InChI is InChI=1S/C13H19BrN2O3S/c1-4-8(2)7-16-13(17)11-5-10(20(15,18)19)6-12(14)9(11)3/h5-6,8H,4,7H2,1-3H3,(H,16,17)(H2,15,18,19). The zero-order valence-electron chi connectivity index (χ0n) is 11.7. The van der Waals surface area contributed by atoms with Crippen LogP contribution in [0, 0.1) is 12.8 Å². The van der Waals surface area contributed by atoms with Crippen LogP contribution >= 0.6 is 15.9 Å². The Balaban J connectivity index is 3.11. The van der Waals surface area contributed by atoms with Crippen molar-refractivity contribution >= 4 is 31.9 Å². The summed E-state index contributed by atoms with van der Waals surface area (Å²) in [4.78, 5) is 12.1. The molecule has 112 valence electrons. The van der Waals surface area contributed by atoms with Crippen LogP contribution in [-0.2, 0) is 10.0 Å². The summed E-state index contributed by atoms with van der Waals surface area (Å²) in [5.74, 6) is 0.0677. The molecule has 0 heterocycles. The molecule has 1 aromatic carbocycles. The van der Waals surface area contributed by atoms with E-state index in [2.05, 4.69) is 21.2 Å². The van der Waals surface area contributed by atoms with Crippen molar-refractivity contribution in [3.05, 3.63) is 27.7 Å². The predicted molar refractivity (Wildman–Crippen MR) is 82.0 cm³/mol. The minimum absolute atomic E-state index is 0.0799. The van der Waals surface area contributed by atoms with Gasteiger partial charge in [0, 0.05) is 16.6 Å². The average Bonchev–Trinajstić information content (AvgIpc) is 2.37. The molecule has 0 aliphatic heterocycles. The number of carbonyl (C=O) groups excluding carboxylic acids is 1. The molecule has 0 saturated heterocycles. The SMILES string of the molecule is CCC(C)CNC(=O)c1cc(S(N)(=O)=O)cc(Br)c1C. The van der Waals surface area contributed by atoms with E-state index in [-0.39, 0.29) is 10.8 Å². The number of nitrogens with two attached hydrogens (primary N) is 1. The van der Waals surface area contributed by atoms with Gasteiger partial charge in [-0.2, -0.15) is 0 Å². The summed E-state index contributed by atoms with van der Waals surface area (Å²) in [6.45, 7) is 6.37. The van der Waals surface area contributed by atoms with Gasteiger partial charge >= 0.3 is 0 Å². The maximum absolute atomic E-state index is 12.1. The first-order valence-corrected chi connectivity index (χ1v) is 8.61. The van der Waals surface area contributed by atoms with Gasteiger partial charge in [0.25, 0.3) is 5.91 Å². The minimum Gasteiger partial charge on any atom is -0.352 e. The van der Waals surface area contributed by atoms with Crippen molar-refractivity contribution in [3.8, 4) is 0 Å². The van der Waals surface area contributed by atoms with Gasteiger partial charge in [0.05, 0.1) is 4.90 Å². The molecule has 1 aromatic rings. The van der Waals surface area contributed by atoms with E-state index < -0.39 is 10.0 Å². The van der Waals surface area contributed by atoms with Crippen LogP contribution in [0.25, 0.3) is 0 Å². The Kier molecular flexibility index (Phi) is 5.73.